The van der Waals surface area contributed by atoms with Crippen LogP contribution in [0, 0.1) is 5.41 Å². The maximum Gasteiger partial charge on any atom is -0.00855 e. The highest BCUT2D eigenvalue weighted by molar-refractivity contribution is 5.23. The van der Waals surface area contributed by atoms with Gasteiger partial charge < -0.3 is 0 Å². The number of hydrogen-bond acceptors (Lipinski definition) is 0. The van der Waals surface area contributed by atoms with Crippen LogP contribution < -0.4 is 0 Å². The summed E-state index contributed by atoms with van der Waals surface area (Å²) in [5.41, 5.74) is 4.31. The van der Waals surface area contributed by atoms with Crippen molar-refractivity contribution in [1.29, 1.82) is 0 Å². The summed E-state index contributed by atoms with van der Waals surface area (Å²) in [4.78, 5) is 0. The molecule has 0 nitrogen and oxygen atoms in total. The summed E-state index contributed by atoms with van der Waals surface area (Å²) in [6.07, 6.45) is 20.5. The first-order valence-corrected chi connectivity index (χ1v) is 11.4. The molecule has 0 fully saturated rings. The van der Waals surface area contributed by atoms with Crippen LogP contribution in [0.15, 0.2) is 11.1 Å². The van der Waals surface area contributed by atoms with Crippen LogP contribution in [0.25, 0.3) is 0 Å². The van der Waals surface area contributed by atoms with E-state index in [-0.39, 0.29) is 0 Å². The molecule has 0 amide bonds. The smallest absolute Gasteiger partial charge is 0.00855 e. The zero-order chi connectivity index (χ0) is 18.3. The maximum absolute atomic E-state index is 2.40. The number of allylic oxidation sites excluding steroid dienone is 2. The third-order valence-electron chi connectivity index (χ3n) is 5.70. The minimum atomic E-state index is 0.523. The molecule has 0 aromatic rings. The Kier molecular flexibility index (Phi) is 14.9. The first-order valence-electron chi connectivity index (χ1n) is 11.4. The molecule has 0 heteroatoms. The normalized spacial score (nSPS) is 13.2. The van der Waals surface area contributed by atoms with Crippen molar-refractivity contribution in [2.45, 2.75) is 138 Å². The highest BCUT2D eigenvalue weighted by Gasteiger charge is 2.33. The molecule has 144 valence electrons. The zero-order valence-corrected chi connectivity index (χ0v) is 18.1. The Balaban J connectivity index is 5.87. The third-order valence-corrected chi connectivity index (χ3v) is 5.70. The van der Waals surface area contributed by atoms with Crippen LogP contribution in [0.4, 0.5) is 0 Å². The van der Waals surface area contributed by atoms with E-state index in [2.05, 4.69) is 41.5 Å². The molecule has 0 atom stereocenters. The average molecular weight is 337 g/mol. The van der Waals surface area contributed by atoms with E-state index in [0.717, 1.165) is 0 Å². The highest BCUT2D eigenvalue weighted by atomic mass is 14.4. The van der Waals surface area contributed by atoms with Gasteiger partial charge in [0.05, 0.1) is 0 Å². The van der Waals surface area contributed by atoms with Gasteiger partial charge in [0.25, 0.3) is 0 Å². The molecule has 0 unspecified atom stereocenters. The molecule has 0 saturated heterocycles. The molecule has 0 rings (SSSR count). The van der Waals surface area contributed by atoms with Crippen LogP contribution in [0.1, 0.15) is 138 Å². The SMILES string of the molecule is CCCCC(CCC)=C(CCC)C(CCC)(CCCC)CCCC. The second-order valence-electron chi connectivity index (χ2n) is 7.92. The minimum absolute atomic E-state index is 0.523. The van der Waals surface area contributed by atoms with Gasteiger partial charge in [0.1, 0.15) is 0 Å². The van der Waals surface area contributed by atoms with Crippen molar-refractivity contribution in [3.63, 3.8) is 0 Å². The van der Waals surface area contributed by atoms with Gasteiger partial charge in [-0.3, -0.25) is 0 Å². The van der Waals surface area contributed by atoms with Gasteiger partial charge in [0.2, 0.25) is 0 Å². The Labute approximate surface area is 154 Å². The monoisotopic (exact) mass is 336 g/mol. The fourth-order valence-corrected chi connectivity index (χ4v) is 4.52. The second-order valence-corrected chi connectivity index (χ2v) is 7.92. The van der Waals surface area contributed by atoms with Crippen molar-refractivity contribution < 1.29 is 0 Å². The molecular formula is C24H48. The Bertz CT molecular complexity index is 302. The Morgan fingerprint density at radius 3 is 1.46 bits per heavy atom. The first kappa shape index (κ1) is 23.7. The van der Waals surface area contributed by atoms with Gasteiger partial charge in [-0.2, -0.15) is 0 Å². The maximum atomic E-state index is 2.40. The lowest BCUT2D eigenvalue weighted by Gasteiger charge is -2.39. The molecule has 0 aliphatic rings. The molecule has 0 aromatic heterocycles. The van der Waals surface area contributed by atoms with E-state index in [1.807, 2.05) is 11.1 Å². The Hall–Kier alpha value is -0.260. The zero-order valence-electron chi connectivity index (χ0n) is 18.1. The predicted octanol–water partition coefficient (Wildman–Crippen LogP) is 9.24. The summed E-state index contributed by atoms with van der Waals surface area (Å²) in [7, 11) is 0. The van der Waals surface area contributed by atoms with E-state index in [1.165, 1.54) is 96.3 Å². The topological polar surface area (TPSA) is 0 Å². The van der Waals surface area contributed by atoms with E-state index in [0.29, 0.717) is 5.41 Å². The minimum Gasteiger partial charge on any atom is -0.0705 e. The van der Waals surface area contributed by atoms with Gasteiger partial charge in [0, 0.05) is 0 Å². The molecule has 0 aromatic carbocycles. The van der Waals surface area contributed by atoms with Gasteiger partial charge in [-0.15, -0.1) is 0 Å². The van der Waals surface area contributed by atoms with Crippen LogP contribution >= 0.6 is 0 Å². The van der Waals surface area contributed by atoms with E-state index in [9.17, 15) is 0 Å². The highest BCUT2D eigenvalue weighted by Crippen LogP contribution is 2.47. The third kappa shape index (κ3) is 8.21. The van der Waals surface area contributed by atoms with Crippen LogP contribution in [0.3, 0.4) is 0 Å². The van der Waals surface area contributed by atoms with Crippen molar-refractivity contribution >= 4 is 0 Å². The molecule has 24 heavy (non-hydrogen) atoms. The molecule has 0 aliphatic carbocycles. The summed E-state index contributed by atoms with van der Waals surface area (Å²) < 4.78 is 0. The van der Waals surface area contributed by atoms with Crippen LogP contribution in [0.2, 0.25) is 0 Å². The van der Waals surface area contributed by atoms with E-state index in [4.69, 9.17) is 0 Å². The fraction of sp³-hybridized carbons (Fsp3) is 0.917. The summed E-state index contributed by atoms with van der Waals surface area (Å²) in [6.45, 7) is 14.2. The molecule has 0 radical (unpaired) electrons. The van der Waals surface area contributed by atoms with Gasteiger partial charge >= 0.3 is 0 Å². The summed E-state index contributed by atoms with van der Waals surface area (Å²) in [5.74, 6) is 0. The standard InChI is InChI=1S/C24H48/c1-7-13-18-22(16-10-4)23(17-11-5)24(19-12-6,20-14-8-2)21-15-9-3/h7-21H2,1-6H3. The van der Waals surface area contributed by atoms with Gasteiger partial charge in [-0.1, -0.05) is 104 Å². The molecule has 0 saturated carbocycles. The lowest BCUT2D eigenvalue weighted by atomic mass is 9.66. The van der Waals surface area contributed by atoms with E-state index >= 15 is 0 Å². The molecule has 0 heterocycles. The van der Waals surface area contributed by atoms with Crippen LogP contribution in [-0.2, 0) is 0 Å². The molecule has 0 spiro atoms. The Morgan fingerprint density at radius 2 is 1.04 bits per heavy atom. The second kappa shape index (κ2) is 15.0. The molecule has 0 aliphatic heterocycles. The van der Waals surface area contributed by atoms with E-state index in [1.54, 1.807) is 0 Å². The van der Waals surface area contributed by atoms with Gasteiger partial charge in [-0.05, 0) is 50.4 Å². The summed E-state index contributed by atoms with van der Waals surface area (Å²) in [6, 6.07) is 0. The quantitative estimate of drug-likeness (QED) is 0.246. The lowest BCUT2D eigenvalue weighted by Crippen LogP contribution is -2.25. The van der Waals surface area contributed by atoms with E-state index < -0.39 is 0 Å². The van der Waals surface area contributed by atoms with Gasteiger partial charge in [0.15, 0.2) is 0 Å². The number of hydrogen-bond donors (Lipinski definition) is 0. The van der Waals surface area contributed by atoms with Crippen LogP contribution in [-0.4, -0.2) is 0 Å². The van der Waals surface area contributed by atoms with Crippen molar-refractivity contribution in [2.24, 2.45) is 5.41 Å². The fourth-order valence-electron chi connectivity index (χ4n) is 4.52. The molecule has 0 N–H and O–H groups in total. The largest absolute Gasteiger partial charge is 0.0705 e. The van der Waals surface area contributed by atoms with Crippen LogP contribution in [0.5, 0.6) is 0 Å². The molecular weight excluding hydrogens is 288 g/mol. The molecule has 0 bridgehead atoms. The number of unbranched alkanes of at least 4 members (excludes halogenated alkanes) is 3. The van der Waals surface area contributed by atoms with Crippen molar-refractivity contribution in [3.05, 3.63) is 11.1 Å². The van der Waals surface area contributed by atoms with Crippen molar-refractivity contribution in [2.75, 3.05) is 0 Å². The summed E-state index contributed by atoms with van der Waals surface area (Å²) in [5, 5.41) is 0. The van der Waals surface area contributed by atoms with Gasteiger partial charge in [-0.25, -0.2) is 0 Å². The van der Waals surface area contributed by atoms with Crippen molar-refractivity contribution in [1.82, 2.24) is 0 Å². The van der Waals surface area contributed by atoms with Crippen molar-refractivity contribution in [3.8, 4) is 0 Å². The first-order chi connectivity index (χ1) is 11.7. The number of rotatable bonds is 16. The Morgan fingerprint density at radius 1 is 0.500 bits per heavy atom. The average Bonchev–Trinajstić information content (AvgIpc) is 2.59. The predicted molar refractivity (Wildman–Crippen MR) is 113 cm³/mol. The lowest BCUT2D eigenvalue weighted by molar-refractivity contribution is 0.245. The summed E-state index contributed by atoms with van der Waals surface area (Å²) >= 11 is 0.